The molecule has 0 saturated carbocycles. The van der Waals surface area contributed by atoms with E-state index in [0.29, 0.717) is 6.54 Å². The molecule has 1 heterocycles. The van der Waals surface area contributed by atoms with Crippen molar-refractivity contribution in [3.8, 4) is 11.1 Å². The number of alkyl carbamates (subject to hydrolysis) is 1. The molecule has 1 atom stereocenters. The SMILES string of the molecule is CCCN(C(=O)C(CC(=O)O)NC(=O)OCC1c2ccccc2-c2ccccc21)C1CCN(Cc2ccccc2)CC1. The van der Waals surface area contributed by atoms with E-state index in [1.165, 1.54) is 5.56 Å². The highest BCUT2D eigenvalue weighted by molar-refractivity contribution is 5.89. The number of aliphatic carboxylic acids is 1. The van der Waals surface area contributed by atoms with Crippen LogP contribution in [-0.4, -0.2) is 71.2 Å². The molecule has 2 N–H and O–H groups in total. The van der Waals surface area contributed by atoms with Gasteiger partial charge in [0, 0.05) is 38.1 Å². The van der Waals surface area contributed by atoms with E-state index < -0.39 is 24.5 Å². The van der Waals surface area contributed by atoms with Crippen LogP contribution in [-0.2, 0) is 20.9 Å². The first-order valence-corrected chi connectivity index (χ1v) is 14.8. The molecule has 220 valence electrons. The number of hydrogen-bond donors (Lipinski definition) is 2. The number of carboxylic acids is 1. The molecule has 0 spiro atoms. The van der Waals surface area contributed by atoms with E-state index in [1.54, 1.807) is 4.90 Å². The number of likely N-dealkylation sites (tertiary alicyclic amines) is 1. The van der Waals surface area contributed by atoms with E-state index in [9.17, 15) is 19.5 Å². The van der Waals surface area contributed by atoms with Crippen LogP contribution in [0.1, 0.15) is 55.2 Å². The topological polar surface area (TPSA) is 99.2 Å². The highest BCUT2D eigenvalue weighted by Gasteiger charge is 2.35. The van der Waals surface area contributed by atoms with Crippen molar-refractivity contribution in [1.82, 2.24) is 15.1 Å². The van der Waals surface area contributed by atoms with E-state index in [0.717, 1.165) is 61.2 Å². The van der Waals surface area contributed by atoms with Crippen molar-refractivity contribution in [2.75, 3.05) is 26.2 Å². The highest BCUT2D eigenvalue weighted by Crippen LogP contribution is 2.44. The number of carboxylic acid groups (broad SMARTS) is 1. The van der Waals surface area contributed by atoms with Crippen molar-refractivity contribution < 1.29 is 24.2 Å². The summed E-state index contributed by atoms with van der Waals surface area (Å²) in [6, 6.07) is 25.2. The van der Waals surface area contributed by atoms with Gasteiger partial charge in [-0.15, -0.1) is 0 Å². The van der Waals surface area contributed by atoms with Gasteiger partial charge in [0.2, 0.25) is 5.91 Å². The van der Waals surface area contributed by atoms with E-state index in [-0.39, 0.29) is 24.5 Å². The standard InChI is InChI=1S/C34H39N3O5/c1-2-18-37(25-16-19-36(20-17-25)22-24-10-4-3-5-11-24)33(40)31(21-32(38)39)35-34(41)42-23-30-28-14-8-6-12-26(28)27-13-7-9-15-29(27)30/h3-15,25,30-31H,2,16-23H2,1H3,(H,35,41)(H,38,39). The second kappa shape index (κ2) is 13.7. The monoisotopic (exact) mass is 569 g/mol. The Labute approximate surface area is 247 Å². The summed E-state index contributed by atoms with van der Waals surface area (Å²) < 4.78 is 5.64. The minimum atomic E-state index is -1.20. The largest absolute Gasteiger partial charge is 0.481 e. The average molecular weight is 570 g/mol. The Bertz CT molecular complexity index is 1340. The number of benzene rings is 3. The third kappa shape index (κ3) is 6.82. The Morgan fingerprint density at radius 1 is 0.929 bits per heavy atom. The minimum Gasteiger partial charge on any atom is -0.481 e. The molecule has 1 aliphatic heterocycles. The van der Waals surface area contributed by atoms with Crippen LogP contribution in [0.5, 0.6) is 0 Å². The lowest BCUT2D eigenvalue weighted by atomic mass is 9.98. The summed E-state index contributed by atoms with van der Waals surface area (Å²) in [4.78, 5) is 42.6. The zero-order chi connectivity index (χ0) is 29.5. The fourth-order valence-corrected chi connectivity index (χ4v) is 6.30. The van der Waals surface area contributed by atoms with Crippen LogP contribution in [0.4, 0.5) is 4.79 Å². The maximum Gasteiger partial charge on any atom is 0.407 e. The van der Waals surface area contributed by atoms with Crippen LogP contribution in [0.25, 0.3) is 11.1 Å². The quantitative estimate of drug-likeness (QED) is 0.326. The minimum absolute atomic E-state index is 0.00918. The Kier molecular flexibility index (Phi) is 9.54. The number of carbonyl (C=O) groups excluding carboxylic acids is 2. The van der Waals surface area contributed by atoms with Gasteiger partial charge in [-0.25, -0.2) is 4.79 Å². The molecule has 3 aromatic rings. The van der Waals surface area contributed by atoms with Crippen molar-refractivity contribution in [1.29, 1.82) is 0 Å². The van der Waals surface area contributed by atoms with Gasteiger partial charge in [-0.05, 0) is 47.1 Å². The third-order valence-corrected chi connectivity index (χ3v) is 8.31. The lowest BCUT2D eigenvalue weighted by molar-refractivity contribution is -0.144. The number of rotatable bonds is 11. The summed E-state index contributed by atoms with van der Waals surface area (Å²) in [6.45, 7) is 5.14. The van der Waals surface area contributed by atoms with Crippen LogP contribution in [0.2, 0.25) is 0 Å². The molecule has 0 aromatic heterocycles. The molecule has 2 aliphatic rings. The number of nitrogens with one attached hydrogen (secondary N) is 1. The van der Waals surface area contributed by atoms with Gasteiger partial charge in [0.1, 0.15) is 12.6 Å². The fourth-order valence-electron chi connectivity index (χ4n) is 6.30. The second-order valence-corrected chi connectivity index (χ2v) is 11.1. The Balaban J connectivity index is 1.21. The predicted octanol–water partition coefficient (Wildman–Crippen LogP) is 5.27. The van der Waals surface area contributed by atoms with Gasteiger partial charge < -0.3 is 20.1 Å². The maximum absolute atomic E-state index is 13.7. The van der Waals surface area contributed by atoms with Gasteiger partial charge in [-0.2, -0.15) is 0 Å². The first kappa shape index (κ1) is 29.3. The molecular weight excluding hydrogens is 530 g/mol. The van der Waals surface area contributed by atoms with E-state index >= 15 is 0 Å². The lowest BCUT2D eigenvalue weighted by Crippen LogP contribution is -2.55. The molecule has 1 fully saturated rings. The first-order chi connectivity index (χ1) is 20.4. The molecule has 5 rings (SSSR count). The van der Waals surface area contributed by atoms with Crippen molar-refractivity contribution in [3.63, 3.8) is 0 Å². The van der Waals surface area contributed by atoms with Gasteiger partial charge >= 0.3 is 12.1 Å². The summed E-state index contributed by atoms with van der Waals surface area (Å²) >= 11 is 0. The van der Waals surface area contributed by atoms with Gasteiger partial charge in [0.05, 0.1) is 6.42 Å². The van der Waals surface area contributed by atoms with Crippen LogP contribution < -0.4 is 5.32 Å². The molecule has 1 unspecified atom stereocenters. The van der Waals surface area contributed by atoms with Crippen molar-refractivity contribution >= 4 is 18.0 Å². The van der Waals surface area contributed by atoms with Crippen LogP contribution in [0.15, 0.2) is 78.9 Å². The second-order valence-electron chi connectivity index (χ2n) is 11.1. The van der Waals surface area contributed by atoms with Crippen LogP contribution >= 0.6 is 0 Å². The van der Waals surface area contributed by atoms with E-state index in [4.69, 9.17) is 4.74 Å². The molecule has 8 heteroatoms. The molecular formula is C34H39N3O5. The first-order valence-electron chi connectivity index (χ1n) is 14.8. The molecule has 1 aliphatic carbocycles. The smallest absolute Gasteiger partial charge is 0.407 e. The van der Waals surface area contributed by atoms with Gasteiger partial charge in [0.15, 0.2) is 0 Å². The van der Waals surface area contributed by atoms with Gasteiger partial charge in [-0.3, -0.25) is 14.5 Å². The normalized spacial score (nSPS) is 15.8. The van der Waals surface area contributed by atoms with Crippen LogP contribution in [0, 0.1) is 0 Å². The van der Waals surface area contributed by atoms with E-state index in [2.05, 4.69) is 34.5 Å². The number of carbonyl (C=O) groups is 3. The highest BCUT2D eigenvalue weighted by atomic mass is 16.5. The molecule has 42 heavy (non-hydrogen) atoms. The van der Waals surface area contributed by atoms with E-state index in [1.807, 2.05) is 61.5 Å². The average Bonchev–Trinajstić information content (AvgIpc) is 3.32. The lowest BCUT2D eigenvalue weighted by Gasteiger charge is -2.39. The maximum atomic E-state index is 13.7. The Hall–Kier alpha value is -4.17. The summed E-state index contributed by atoms with van der Waals surface area (Å²) in [7, 11) is 0. The number of piperidine rings is 1. The molecule has 0 radical (unpaired) electrons. The summed E-state index contributed by atoms with van der Waals surface area (Å²) in [5.41, 5.74) is 5.65. The molecule has 8 nitrogen and oxygen atoms in total. The number of fused-ring (bicyclic) bond motifs is 3. The zero-order valence-electron chi connectivity index (χ0n) is 24.1. The Morgan fingerprint density at radius 3 is 2.12 bits per heavy atom. The van der Waals surface area contributed by atoms with Gasteiger partial charge in [-0.1, -0.05) is 85.8 Å². The summed E-state index contributed by atoms with van der Waals surface area (Å²) in [5, 5.41) is 12.2. The number of nitrogens with zero attached hydrogens (tertiary/aromatic N) is 2. The predicted molar refractivity (Wildman–Crippen MR) is 161 cm³/mol. The van der Waals surface area contributed by atoms with Crippen molar-refractivity contribution in [3.05, 3.63) is 95.6 Å². The summed E-state index contributed by atoms with van der Waals surface area (Å²) in [5.74, 6) is -1.65. The third-order valence-electron chi connectivity index (χ3n) is 8.31. The van der Waals surface area contributed by atoms with Crippen molar-refractivity contribution in [2.45, 2.75) is 57.2 Å². The molecule has 0 bridgehead atoms. The van der Waals surface area contributed by atoms with Crippen LogP contribution in [0.3, 0.4) is 0 Å². The molecule has 2 amide bonds. The Morgan fingerprint density at radius 2 is 1.52 bits per heavy atom. The number of hydrogen-bond acceptors (Lipinski definition) is 5. The zero-order valence-corrected chi connectivity index (χ0v) is 24.1. The summed E-state index contributed by atoms with van der Waals surface area (Å²) in [6.07, 6.45) is 1.04. The van der Waals surface area contributed by atoms with Crippen molar-refractivity contribution in [2.24, 2.45) is 0 Å². The fraction of sp³-hybridized carbons (Fsp3) is 0.382. The molecule has 3 aromatic carbocycles. The molecule has 1 saturated heterocycles. The van der Waals surface area contributed by atoms with Gasteiger partial charge in [0.25, 0.3) is 0 Å². The number of ether oxygens (including phenoxy) is 1. The number of amides is 2.